The molecule has 1 aromatic carbocycles. The van der Waals surface area contributed by atoms with E-state index in [1.54, 1.807) is 12.3 Å². The van der Waals surface area contributed by atoms with Gasteiger partial charge in [-0.2, -0.15) is 0 Å². The Labute approximate surface area is 94.0 Å². The van der Waals surface area contributed by atoms with Crippen molar-refractivity contribution in [3.8, 4) is 11.3 Å². The topological polar surface area (TPSA) is 42.2 Å². The smallest absolute Gasteiger partial charge is 0.337 e. The van der Waals surface area contributed by atoms with Gasteiger partial charge in [0.1, 0.15) is 0 Å². The highest BCUT2D eigenvalue weighted by molar-refractivity contribution is 5.89. The molecule has 0 aliphatic rings. The van der Waals surface area contributed by atoms with Crippen molar-refractivity contribution in [3.05, 3.63) is 48.2 Å². The van der Waals surface area contributed by atoms with Gasteiger partial charge in [0.25, 0.3) is 0 Å². The van der Waals surface area contributed by atoms with Crippen LogP contribution in [0, 0.1) is 0 Å². The summed E-state index contributed by atoms with van der Waals surface area (Å²) in [5, 5.41) is 8.95. The molecule has 0 bridgehead atoms. The van der Waals surface area contributed by atoms with Crippen LogP contribution in [-0.4, -0.2) is 15.6 Å². The summed E-state index contributed by atoms with van der Waals surface area (Å²) < 4.78 is 1.94. The molecule has 0 saturated carbocycles. The summed E-state index contributed by atoms with van der Waals surface area (Å²) in [5.41, 5.74) is 2.32. The molecule has 0 atom stereocenters. The molecule has 0 spiro atoms. The summed E-state index contributed by atoms with van der Waals surface area (Å²) in [4.78, 5) is 10.9. The van der Waals surface area contributed by atoms with Crippen molar-refractivity contribution in [1.29, 1.82) is 0 Å². The first-order valence-corrected chi connectivity index (χ1v) is 5.21. The lowest BCUT2D eigenvalue weighted by molar-refractivity contribution is 0.0697. The number of rotatable bonds is 3. The quantitative estimate of drug-likeness (QED) is 0.855. The zero-order chi connectivity index (χ0) is 11.5. The fourth-order valence-electron chi connectivity index (χ4n) is 1.74. The highest BCUT2D eigenvalue weighted by Gasteiger charge is 2.10. The van der Waals surface area contributed by atoms with Crippen LogP contribution in [0.2, 0.25) is 0 Å². The van der Waals surface area contributed by atoms with E-state index in [9.17, 15) is 4.79 Å². The summed E-state index contributed by atoms with van der Waals surface area (Å²) in [6.07, 6.45) is 1.67. The highest BCUT2D eigenvalue weighted by Crippen LogP contribution is 2.22. The van der Waals surface area contributed by atoms with E-state index in [0.29, 0.717) is 5.56 Å². The number of carbonyl (C=O) groups is 1. The molecule has 3 nitrogen and oxygen atoms in total. The van der Waals surface area contributed by atoms with Crippen LogP contribution in [0.5, 0.6) is 0 Å². The normalized spacial score (nSPS) is 10.3. The van der Waals surface area contributed by atoms with Gasteiger partial charge >= 0.3 is 5.97 Å². The first kappa shape index (κ1) is 10.5. The number of aryl methyl sites for hydroxylation is 1. The zero-order valence-corrected chi connectivity index (χ0v) is 9.05. The molecule has 0 aliphatic heterocycles. The van der Waals surface area contributed by atoms with E-state index >= 15 is 0 Å². The molecule has 1 N–H and O–H groups in total. The summed E-state index contributed by atoms with van der Waals surface area (Å²) in [5.74, 6) is -0.885. The summed E-state index contributed by atoms with van der Waals surface area (Å²) in [7, 11) is 0. The predicted octanol–water partition coefficient (Wildman–Crippen LogP) is 2.87. The third-order valence-corrected chi connectivity index (χ3v) is 2.55. The Hall–Kier alpha value is -2.03. The molecular weight excluding hydrogens is 202 g/mol. The van der Waals surface area contributed by atoms with Crippen molar-refractivity contribution >= 4 is 5.97 Å². The van der Waals surface area contributed by atoms with E-state index in [2.05, 4.69) is 0 Å². The Bertz CT molecular complexity index is 500. The van der Waals surface area contributed by atoms with E-state index in [1.165, 1.54) is 0 Å². The lowest BCUT2D eigenvalue weighted by atomic mass is 10.1. The van der Waals surface area contributed by atoms with Crippen molar-refractivity contribution in [2.24, 2.45) is 0 Å². The molecule has 3 heteroatoms. The highest BCUT2D eigenvalue weighted by atomic mass is 16.4. The molecule has 82 valence electrons. The molecule has 1 heterocycles. The van der Waals surface area contributed by atoms with E-state index in [-0.39, 0.29) is 0 Å². The van der Waals surface area contributed by atoms with Crippen molar-refractivity contribution in [2.45, 2.75) is 13.5 Å². The second-order valence-electron chi connectivity index (χ2n) is 3.57. The van der Waals surface area contributed by atoms with Crippen molar-refractivity contribution in [3.63, 3.8) is 0 Å². The van der Waals surface area contributed by atoms with Gasteiger partial charge in [0.15, 0.2) is 0 Å². The summed E-state index contributed by atoms with van der Waals surface area (Å²) >= 11 is 0. The molecule has 16 heavy (non-hydrogen) atoms. The minimum Gasteiger partial charge on any atom is -0.478 e. The number of nitrogens with zero attached hydrogens (tertiary/aromatic N) is 1. The average molecular weight is 215 g/mol. The number of carboxylic acids is 1. The van der Waals surface area contributed by atoms with Crippen LogP contribution >= 0.6 is 0 Å². The van der Waals surface area contributed by atoms with Crippen LogP contribution in [0.4, 0.5) is 0 Å². The van der Waals surface area contributed by atoms with Crippen LogP contribution in [0.1, 0.15) is 17.3 Å². The maximum Gasteiger partial charge on any atom is 0.337 e. The molecule has 0 aliphatic carbocycles. The van der Waals surface area contributed by atoms with Gasteiger partial charge in [-0.25, -0.2) is 4.79 Å². The van der Waals surface area contributed by atoms with E-state index in [1.807, 2.05) is 41.8 Å². The van der Waals surface area contributed by atoms with Gasteiger partial charge in [-0.15, -0.1) is 0 Å². The minimum absolute atomic E-state index is 0.334. The largest absolute Gasteiger partial charge is 0.478 e. The fraction of sp³-hybridized carbons (Fsp3) is 0.154. The van der Waals surface area contributed by atoms with Crippen LogP contribution in [0.3, 0.4) is 0 Å². The van der Waals surface area contributed by atoms with Crippen molar-refractivity contribution < 1.29 is 9.90 Å². The second kappa shape index (κ2) is 4.23. The molecule has 0 amide bonds. The maximum atomic E-state index is 10.9. The van der Waals surface area contributed by atoms with Crippen LogP contribution in [0.25, 0.3) is 11.3 Å². The second-order valence-corrected chi connectivity index (χ2v) is 3.57. The number of benzene rings is 1. The van der Waals surface area contributed by atoms with Crippen molar-refractivity contribution in [2.75, 3.05) is 0 Å². The Balaban J connectivity index is 2.52. The molecule has 2 aromatic rings. The third-order valence-electron chi connectivity index (χ3n) is 2.55. The van der Waals surface area contributed by atoms with Crippen molar-refractivity contribution in [1.82, 2.24) is 4.57 Å². The number of aromatic carboxylic acids is 1. The maximum absolute atomic E-state index is 10.9. The van der Waals surface area contributed by atoms with Crippen LogP contribution < -0.4 is 0 Å². The van der Waals surface area contributed by atoms with Gasteiger partial charge in [-0.05, 0) is 18.6 Å². The molecule has 0 fully saturated rings. The number of carboxylic acid groups (broad SMARTS) is 1. The molecule has 0 radical (unpaired) electrons. The van der Waals surface area contributed by atoms with Gasteiger partial charge in [0.05, 0.1) is 5.56 Å². The summed E-state index contributed by atoms with van der Waals surface area (Å²) in [6.45, 7) is 2.76. The van der Waals surface area contributed by atoms with Crippen LogP contribution in [-0.2, 0) is 6.54 Å². The van der Waals surface area contributed by atoms with Gasteiger partial charge in [0, 0.05) is 18.4 Å². The Morgan fingerprint density at radius 1 is 1.31 bits per heavy atom. The molecule has 2 rings (SSSR count). The first-order chi connectivity index (χ1) is 7.72. The molecule has 0 saturated heterocycles. The number of aromatic nitrogens is 1. The predicted molar refractivity (Wildman–Crippen MR) is 62.5 cm³/mol. The van der Waals surface area contributed by atoms with E-state index in [4.69, 9.17) is 5.11 Å². The average Bonchev–Trinajstić information content (AvgIpc) is 2.74. The van der Waals surface area contributed by atoms with Gasteiger partial charge in [-0.3, -0.25) is 0 Å². The SMILES string of the molecule is CCn1cc(C(=O)O)cc1-c1ccccc1. The molecule has 1 aromatic heterocycles. The lowest BCUT2D eigenvalue weighted by Gasteiger charge is -2.05. The number of hydrogen-bond donors (Lipinski definition) is 1. The van der Waals surface area contributed by atoms with E-state index in [0.717, 1.165) is 17.8 Å². The van der Waals surface area contributed by atoms with Gasteiger partial charge < -0.3 is 9.67 Å². The van der Waals surface area contributed by atoms with Crippen LogP contribution in [0.15, 0.2) is 42.6 Å². The molecular formula is C13H13NO2. The van der Waals surface area contributed by atoms with Gasteiger partial charge in [0.2, 0.25) is 0 Å². The summed E-state index contributed by atoms with van der Waals surface area (Å²) in [6, 6.07) is 11.5. The Morgan fingerprint density at radius 3 is 2.56 bits per heavy atom. The lowest BCUT2D eigenvalue weighted by Crippen LogP contribution is -1.95. The Kier molecular flexibility index (Phi) is 2.77. The third kappa shape index (κ3) is 1.84. The monoisotopic (exact) mass is 215 g/mol. The standard InChI is InChI=1S/C13H13NO2/c1-2-14-9-11(13(15)16)8-12(14)10-6-4-3-5-7-10/h3-9H,2H2,1H3,(H,15,16). The molecule has 0 unspecified atom stereocenters. The van der Waals surface area contributed by atoms with Gasteiger partial charge in [-0.1, -0.05) is 30.3 Å². The zero-order valence-electron chi connectivity index (χ0n) is 9.05. The van der Waals surface area contributed by atoms with E-state index < -0.39 is 5.97 Å². The first-order valence-electron chi connectivity index (χ1n) is 5.21. The number of hydrogen-bond acceptors (Lipinski definition) is 1. The Morgan fingerprint density at radius 2 is 2.00 bits per heavy atom. The fourth-order valence-corrected chi connectivity index (χ4v) is 1.74. The minimum atomic E-state index is -0.885.